The van der Waals surface area contributed by atoms with Gasteiger partial charge in [-0.05, 0) is 42.3 Å². The van der Waals surface area contributed by atoms with E-state index in [0.29, 0.717) is 12.4 Å². The standard InChI is InChI=1S/C20H23N3O3/c1-4-25-20(24)15-26-19-13-9-17(10-14-19)6-5-16-7-11-18(12-8-16)21-22-23(2)3/h5-14H,4,15H2,1-3H3. The summed E-state index contributed by atoms with van der Waals surface area (Å²) in [5.41, 5.74) is 2.90. The van der Waals surface area contributed by atoms with E-state index in [9.17, 15) is 4.79 Å². The van der Waals surface area contributed by atoms with Crippen molar-refractivity contribution < 1.29 is 14.3 Å². The van der Waals surface area contributed by atoms with Gasteiger partial charge in [0.05, 0.1) is 12.3 Å². The van der Waals surface area contributed by atoms with Crippen LogP contribution in [0.15, 0.2) is 58.9 Å². The first-order valence-corrected chi connectivity index (χ1v) is 8.32. The van der Waals surface area contributed by atoms with E-state index in [2.05, 4.69) is 10.3 Å². The van der Waals surface area contributed by atoms with Crippen LogP contribution in [-0.4, -0.2) is 38.3 Å². The topological polar surface area (TPSA) is 63.5 Å². The second-order valence-electron chi connectivity index (χ2n) is 5.62. The summed E-state index contributed by atoms with van der Waals surface area (Å²) in [6.45, 7) is 2.03. The Bertz CT molecular complexity index is 751. The molecule has 0 aliphatic heterocycles. The highest BCUT2D eigenvalue weighted by Crippen LogP contribution is 2.17. The second kappa shape index (κ2) is 9.98. The van der Waals surface area contributed by atoms with Crippen LogP contribution in [0.2, 0.25) is 0 Å². The third kappa shape index (κ3) is 6.76. The molecule has 26 heavy (non-hydrogen) atoms. The smallest absolute Gasteiger partial charge is 0.344 e. The van der Waals surface area contributed by atoms with E-state index in [0.717, 1.165) is 16.8 Å². The molecule has 2 aromatic rings. The van der Waals surface area contributed by atoms with Crippen LogP contribution in [0.3, 0.4) is 0 Å². The lowest BCUT2D eigenvalue weighted by Gasteiger charge is -2.05. The van der Waals surface area contributed by atoms with E-state index in [1.807, 2.05) is 74.8 Å². The maximum Gasteiger partial charge on any atom is 0.344 e. The average Bonchev–Trinajstić information content (AvgIpc) is 2.65. The molecule has 0 radical (unpaired) electrons. The molecule has 0 aromatic heterocycles. The predicted octanol–water partition coefficient (Wildman–Crippen LogP) is 4.36. The zero-order chi connectivity index (χ0) is 18.8. The van der Waals surface area contributed by atoms with Crippen molar-refractivity contribution in [2.24, 2.45) is 10.3 Å². The Morgan fingerprint density at radius 2 is 1.58 bits per heavy atom. The fourth-order valence-electron chi connectivity index (χ4n) is 2.01. The first-order chi connectivity index (χ1) is 12.6. The number of benzene rings is 2. The molecule has 136 valence electrons. The number of carbonyl (C=O) groups excluding carboxylic acids is 1. The van der Waals surface area contributed by atoms with E-state index in [1.165, 1.54) is 0 Å². The van der Waals surface area contributed by atoms with Gasteiger partial charge in [-0.3, -0.25) is 5.01 Å². The molecule has 0 aliphatic carbocycles. The maximum absolute atomic E-state index is 11.3. The molecular formula is C20H23N3O3. The van der Waals surface area contributed by atoms with Gasteiger partial charge >= 0.3 is 5.97 Å². The van der Waals surface area contributed by atoms with E-state index in [4.69, 9.17) is 9.47 Å². The summed E-state index contributed by atoms with van der Waals surface area (Å²) in [7, 11) is 3.65. The maximum atomic E-state index is 11.3. The molecule has 0 saturated carbocycles. The molecule has 0 bridgehead atoms. The van der Waals surface area contributed by atoms with Crippen LogP contribution < -0.4 is 4.74 Å². The van der Waals surface area contributed by atoms with E-state index in [-0.39, 0.29) is 12.6 Å². The first kappa shape index (κ1) is 19.2. The van der Waals surface area contributed by atoms with Crippen LogP contribution in [0.25, 0.3) is 12.2 Å². The summed E-state index contributed by atoms with van der Waals surface area (Å²) in [6.07, 6.45) is 4.02. The van der Waals surface area contributed by atoms with Crippen LogP contribution in [0.1, 0.15) is 18.1 Å². The number of hydrogen-bond acceptors (Lipinski definition) is 5. The van der Waals surface area contributed by atoms with Crippen LogP contribution in [0, 0.1) is 0 Å². The minimum Gasteiger partial charge on any atom is -0.482 e. The summed E-state index contributed by atoms with van der Waals surface area (Å²) in [5, 5.41) is 9.71. The molecule has 6 nitrogen and oxygen atoms in total. The van der Waals surface area contributed by atoms with Gasteiger partial charge in [-0.2, -0.15) is 0 Å². The van der Waals surface area contributed by atoms with Gasteiger partial charge in [0.15, 0.2) is 6.61 Å². The summed E-state index contributed by atoms with van der Waals surface area (Å²) < 4.78 is 10.2. The zero-order valence-electron chi connectivity index (χ0n) is 15.3. The number of carbonyl (C=O) groups is 1. The van der Waals surface area contributed by atoms with Crippen LogP contribution in [-0.2, 0) is 9.53 Å². The molecule has 0 unspecified atom stereocenters. The monoisotopic (exact) mass is 353 g/mol. The lowest BCUT2D eigenvalue weighted by molar-refractivity contribution is -0.145. The zero-order valence-corrected chi connectivity index (χ0v) is 15.3. The average molecular weight is 353 g/mol. The number of esters is 1. The normalized spacial score (nSPS) is 11.0. The molecule has 0 saturated heterocycles. The number of ether oxygens (including phenoxy) is 2. The third-order valence-electron chi connectivity index (χ3n) is 3.24. The summed E-state index contributed by atoms with van der Waals surface area (Å²) >= 11 is 0. The highest BCUT2D eigenvalue weighted by atomic mass is 16.6. The highest BCUT2D eigenvalue weighted by Gasteiger charge is 2.02. The van der Waals surface area contributed by atoms with E-state index < -0.39 is 0 Å². The minimum atomic E-state index is -0.370. The number of hydrogen-bond donors (Lipinski definition) is 0. The van der Waals surface area contributed by atoms with E-state index in [1.54, 1.807) is 11.9 Å². The highest BCUT2D eigenvalue weighted by molar-refractivity contribution is 5.71. The molecule has 0 fully saturated rings. The molecule has 0 atom stereocenters. The Morgan fingerprint density at radius 3 is 2.12 bits per heavy atom. The van der Waals surface area contributed by atoms with Gasteiger partial charge in [0.2, 0.25) is 0 Å². The lowest BCUT2D eigenvalue weighted by Crippen LogP contribution is -2.14. The fourth-order valence-corrected chi connectivity index (χ4v) is 2.01. The molecule has 0 N–H and O–H groups in total. The van der Waals surface area contributed by atoms with Gasteiger partial charge < -0.3 is 9.47 Å². The van der Waals surface area contributed by atoms with Crippen LogP contribution in [0.4, 0.5) is 5.69 Å². The summed E-state index contributed by atoms with van der Waals surface area (Å²) in [6, 6.07) is 15.3. The molecule has 2 rings (SSSR count). The van der Waals surface area contributed by atoms with Crippen molar-refractivity contribution in [1.82, 2.24) is 5.01 Å². The Kier molecular flexibility index (Phi) is 7.36. The molecule has 2 aromatic carbocycles. The van der Waals surface area contributed by atoms with Crippen molar-refractivity contribution in [2.75, 3.05) is 27.3 Å². The Hall–Kier alpha value is -3.15. The van der Waals surface area contributed by atoms with Gasteiger partial charge in [-0.25, -0.2) is 4.79 Å². The van der Waals surface area contributed by atoms with Crippen molar-refractivity contribution in [3.05, 3.63) is 59.7 Å². The predicted molar refractivity (Wildman–Crippen MR) is 102 cm³/mol. The van der Waals surface area contributed by atoms with Crippen molar-refractivity contribution in [1.29, 1.82) is 0 Å². The van der Waals surface area contributed by atoms with E-state index >= 15 is 0 Å². The number of nitrogens with zero attached hydrogens (tertiary/aromatic N) is 3. The Balaban J connectivity index is 1.90. The Labute approximate surface area is 153 Å². The molecule has 0 spiro atoms. The van der Waals surface area contributed by atoms with Crippen LogP contribution in [0.5, 0.6) is 5.75 Å². The minimum absolute atomic E-state index is 0.0828. The first-order valence-electron chi connectivity index (χ1n) is 8.32. The van der Waals surface area contributed by atoms with Crippen LogP contribution >= 0.6 is 0 Å². The summed E-state index contributed by atoms with van der Waals surface area (Å²) in [5.74, 6) is 0.260. The second-order valence-corrected chi connectivity index (χ2v) is 5.62. The van der Waals surface area contributed by atoms with Crippen molar-refractivity contribution in [3.63, 3.8) is 0 Å². The van der Waals surface area contributed by atoms with Crippen molar-refractivity contribution >= 4 is 23.8 Å². The van der Waals surface area contributed by atoms with Crippen molar-refractivity contribution in [3.8, 4) is 5.75 Å². The lowest BCUT2D eigenvalue weighted by atomic mass is 10.1. The quantitative estimate of drug-likeness (QED) is 0.306. The Morgan fingerprint density at radius 1 is 1.00 bits per heavy atom. The van der Waals surface area contributed by atoms with Gasteiger partial charge in [0, 0.05) is 14.1 Å². The summed E-state index contributed by atoms with van der Waals surface area (Å²) in [4.78, 5) is 11.3. The van der Waals surface area contributed by atoms with Gasteiger partial charge in [-0.1, -0.05) is 41.6 Å². The molecule has 0 aliphatic rings. The SMILES string of the molecule is CCOC(=O)COc1ccc(C=Cc2ccc(N=NN(C)C)cc2)cc1. The molecule has 6 heteroatoms. The largest absolute Gasteiger partial charge is 0.482 e. The number of rotatable bonds is 8. The third-order valence-corrected chi connectivity index (χ3v) is 3.24. The van der Waals surface area contributed by atoms with Crippen molar-refractivity contribution in [2.45, 2.75) is 6.92 Å². The van der Waals surface area contributed by atoms with Gasteiger partial charge in [0.25, 0.3) is 0 Å². The molecule has 0 amide bonds. The molecule has 0 heterocycles. The molecular weight excluding hydrogens is 330 g/mol. The van der Waals surface area contributed by atoms with Gasteiger partial charge in [0.1, 0.15) is 5.75 Å². The van der Waals surface area contributed by atoms with Gasteiger partial charge in [-0.15, -0.1) is 5.11 Å². The fraction of sp³-hybridized carbons (Fsp3) is 0.250.